The minimum atomic E-state index is -0.910. The lowest BCUT2D eigenvalue weighted by Gasteiger charge is -2.20. The van der Waals surface area contributed by atoms with Gasteiger partial charge in [-0.1, -0.05) is 0 Å². The van der Waals surface area contributed by atoms with E-state index in [1.54, 1.807) is 18.2 Å². The number of aliphatic hydroxyl groups excluding tert-OH is 2. The summed E-state index contributed by atoms with van der Waals surface area (Å²) in [6.45, 7) is 0.134. The zero-order chi connectivity index (χ0) is 14.3. The number of rotatable bonds is 1. The number of hydrogen-bond acceptors (Lipinski definition) is 5. The van der Waals surface area contributed by atoms with Crippen LogP contribution in [-0.4, -0.2) is 58.8 Å². The number of ether oxygens (including phenoxy) is 1. The number of nitrogens with zero attached hydrogens (tertiary/aromatic N) is 1. The van der Waals surface area contributed by atoms with E-state index in [0.717, 1.165) is 0 Å². The van der Waals surface area contributed by atoms with Crippen LogP contribution in [0.4, 0.5) is 5.69 Å². The summed E-state index contributed by atoms with van der Waals surface area (Å²) < 4.78 is 5.25. The fourth-order valence-corrected chi connectivity index (χ4v) is 2.33. The Kier molecular flexibility index (Phi) is 3.07. The van der Waals surface area contributed by atoms with Gasteiger partial charge in [0.15, 0.2) is 6.61 Å². The molecule has 2 aliphatic heterocycles. The first-order valence-electron chi connectivity index (χ1n) is 6.26. The van der Waals surface area contributed by atoms with E-state index < -0.39 is 12.2 Å². The van der Waals surface area contributed by atoms with Gasteiger partial charge in [0.2, 0.25) is 0 Å². The van der Waals surface area contributed by atoms with Crippen molar-refractivity contribution in [3.8, 4) is 5.75 Å². The van der Waals surface area contributed by atoms with Gasteiger partial charge in [-0.25, -0.2) is 0 Å². The van der Waals surface area contributed by atoms with Crippen molar-refractivity contribution in [3.05, 3.63) is 23.8 Å². The smallest absolute Gasteiger partial charge is 0.262 e. The normalized spacial score (nSPS) is 24.9. The topological polar surface area (TPSA) is 99.1 Å². The van der Waals surface area contributed by atoms with Gasteiger partial charge in [0, 0.05) is 18.7 Å². The predicted molar refractivity (Wildman–Crippen MR) is 68.5 cm³/mol. The molecule has 7 nitrogen and oxygen atoms in total. The van der Waals surface area contributed by atoms with E-state index in [1.807, 2.05) is 0 Å². The second kappa shape index (κ2) is 4.77. The van der Waals surface area contributed by atoms with E-state index in [1.165, 1.54) is 4.90 Å². The average molecular weight is 278 g/mol. The molecule has 0 spiro atoms. The highest BCUT2D eigenvalue weighted by Gasteiger charge is 2.33. The molecule has 106 valence electrons. The van der Waals surface area contributed by atoms with E-state index in [9.17, 15) is 19.8 Å². The molecule has 0 unspecified atom stereocenters. The van der Waals surface area contributed by atoms with Crippen molar-refractivity contribution in [3.63, 3.8) is 0 Å². The fourth-order valence-electron chi connectivity index (χ4n) is 2.33. The molecule has 0 aromatic heterocycles. The maximum absolute atomic E-state index is 12.2. The Balaban J connectivity index is 1.81. The molecular formula is C13H14N2O5. The van der Waals surface area contributed by atoms with E-state index in [0.29, 0.717) is 17.0 Å². The van der Waals surface area contributed by atoms with Crippen LogP contribution in [0, 0.1) is 0 Å². The van der Waals surface area contributed by atoms with Gasteiger partial charge >= 0.3 is 0 Å². The van der Waals surface area contributed by atoms with E-state index in [4.69, 9.17) is 4.74 Å². The molecule has 0 aliphatic carbocycles. The zero-order valence-electron chi connectivity index (χ0n) is 10.6. The van der Waals surface area contributed by atoms with E-state index in [-0.39, 0.29) is 31.5 Å². The summed E-state index contributed by atoms with van der Waals surface area (Å²) in [6, 6.07) is 4.73. The Hall–Kier alpha value is -2.12. The molecule has 2 amide bonds. The molecule has 0 bridgehead atoms. The van der Waals surface area contributed by atoms with Crippen LogP contribution in [0.25, 0.3) is 0 Å². The summed E-state index contributed by atoms with van der Waals surface area (Å²) in [4.78, 5) is 24.8. The van der Waals surface area contributed by atoms with Crippen LogP contribution < -0.4 is 10.1 Å². The number of fused-ring (bicyclic) bond motifs is 1. The third-order valence-corrected chi connectivity index (χ3v) is 3.41. The summed E-state index contributed by atoms with van der Waals surface area (Å²) in [5.41, 5.74) is 0.917. The maximum Gasteiger partial charge on any atom is 0.262 e. The number of aliphatic hydroxyl groups is 2. The summed E-state index contributed by atoms with van der Waals surface area (Å²) in [5, 5.41) is 21.6. The number of nitrogens with one attached hydrogen (secondary N) is 1. The average Bonchev–Trinajstić information content (AvgIpc) is 2.77. The van der Waals surface area contributed by atoms with Gasteiger partial charge in [-0.15, -0.1) is 0 Å². The first-order valence-corrected chi connectivity index (χ1v) is 6.26. The molecule has 1 fully saturated rings. The second-order valence-electron chi connectivity index (χ2n) is 4.89. The van der Waals surface area contributed by atoms with Crippen LogP contribution in [0.2, 0.25) is 0 Å². The maximum atomic E-state index is 12.2. The van der Waals surface area contributed by atoms with E-state index in [2.05, 4.69) is 5.32 Å². The van der Waals surface area contributed by atoms with Crippen LogP contribution >= 0.6 is 0 Å². The first-order chi connectivity index (χ1) is 9.54. The third kappa shape index (κ3) is 2.21. The van der Waals surface area contributed by atoms with Crippen LogP contribution in [0.5, 0.6) is 5.75 Å². The zero-order valence-corrected chi connectivity index (χ0v) is 10.6. The SMILES string of the molecule is O=C1COc2cc(C(=O)N3C[C@@H](O)[C@@H](O)C3)ccc2N1. The van der Waals surface area contributed by atoms with Gasteiger partial charge in [-0.2, -0.15) is 0 Å². The lowest BCUT2D eigenvalue weighted by atomic mass is 10.1. The molecule has 3 N–H and O–H groups in total. The third-order valence-electron chi connectivity index (χ3n) is 3.41. The highest BCUT2D eigenvalue weighted by molar-refractivity contribution is 5.99. The largest absolute Gasteiger partial charge is 0.482 e. The Morgan fingerprint density at radius 2 is 2.00 bits per heavy atom. The molecule has 2 aliphatic rings. The Morgan fingerprint density at radius 1 is 1.30 bits per heavy atom. The number of β-amino-alcohol motifs (C(OH)–C–C–N with tert-alkyl or cyclic N) is 2. The predicted octanol–water partition coefficient (Wildman–Crippen LogP) is -0.805. The van der Waals surface area contributed by atoms with Gasteiger partial charge in [0.25, 0.3) is 11.8 Å². The minimum Gasteiger partial charge on any atom is -0.482 e. The van der Waals surface area contributed by atoms with Crippen molar-refractivity contribution in [1.29, 1.82) is 0 Å². The Labute approximate surface area is 114 Å². The second-order valence-corrected chi connectivity index (χ2v) is 4.89. The number of benzene rings is 1. The Morgan fingerprint density at radius 3 is 2.70 bits per heavy atom. The molecule has 1 aromatic carbocycles. The molecule has 2 heterocycles. The molecule has 0 saturated carbocycles. The van der Waals surface area contributed by atoms with Crippen molar-refractivity contribution in [2.24, 2.45) is 0 Å². The van der Waals surface area contributed by atoms with Gasteiger partial charge < -0.3 is 25.2 Å². The molecule has 1 saturated heterocycles. The summed E-state index contributed by atoms with van der Waals surface area (Å²) in [7, 11) is 0. The van der Waals surface area contributed by atoms with E-state index >= 15 is 0 Å². The standard InChI is InChI=1S/C13H14N2O5/c16-9-4-15(5-10(9)17)13(19)7-1-2-8-11(3-7)20-6-12(18)14-8/h1-3,9-10,16-17H,4-6H2,(H,14,18)/t9-,10+. The van der Waals surface area contributed by atoms with Crippen LogP contribution in [-0.2, 0) is 4.79 Å². The molecule has 0 radical (unpaired) electrons. The molecule has 3 rings (SSSR count). The van der Waals surface area contributed by atoms with Crippen molar-refractivity contribution in [2.75, 3.05) is 25.0 Å². The number of anilines is 1. The van der Waals surface area contributed by atoms with Crippen LogP contribution in [0.3, 0.4) is 0 Å². The van der Waals surface area contributed by atoms with Gasteiger partial charge in [-0.3, -0.25) is 9.59 Å². The lowest BCUT2D eigenvalue weighted by molar-refractivity contribution is -0.118. The molecular weight excluding hydrogens is 264 g/mol. The van der Waals surface area contributed by atoms with Crippen molar-refractivity contribution in [2.45, 2.75) is 12.2 Å². The summed E-state index contributed by atoms with van der Waals surface area (Å²) in [6.07, 6.45) is -1.82. The van der Waals surface area contributed by atoms with Crippen molar-refractivity contribution < 1.29 is 24.5 Å². The number of carbonyl (C=O) groups excluding carboxylic acids is 2. The van der Waals surface area contributed by atoms with Crippen molar-refractivity contribution in [1.82, 2.24) is 4.90 Å². The van der Waals surface area contributed by atoms with Crippen molar-refractivity contribution >= 4 is 17.5 Å². The number of amides is 2. The quantitative estimate of drug-likeness (QED) is 0.624. The number of carbonyl (C=O) groups is 2. The fraction of sp³-hybridized carbons (Fsp3) is 0.385. The van der Waals surface area contributed by atoms with Crippen LogP contribution in [0.1, 0.15) is 10.4 Å². The number of hydrogen-bond donors (Lipinski definition) is 3. The minimum absolute atomic E-state index is 0.0776. The monoisotopic (exact) mass is 278 g/mol. The highest BCUT2D eigenvalue weighted by Crippen LogP contribution is 2.29. The number of likely N-dealkylation sites (tertiary alicyclic amines) is 1. The molecule has 20 heavy (non-hydrogen) atoms. The Bertz CT molecular complexity index is 564. The summed E-state index contributed by atoms with van der Waals surface area (Å²) >= 11 is 0. The first kappa shape index (κ1) is 12.9. The van der Waals surface area contributed by atoms with Crippen LogP contribution in [0.15, 0.2) is 18.2 Å². The van der Waals surface area contributed by atoms with Gasteiger partial charge in [-0.05, 0) is 18.2 Å². The highest BCUT2D eigenvalue weighted by atomic mass is 16.5. The van der Waals surface area contributed by atoms with Gasteiger partial charge in [0.1, 0.15) is 5.75 Å². The lowest BCUT2D eigenvalue weighted by Crippen LogP contribution is -2.30. The molecule has 2 atom stereocenters. The van der Waals surface area contributed by atoms with Gasteiger partial charge in [0.05, 0.1) is 17.9 Å². The summed E-state index contributed by atoms with van der Waals surface area (Å²) in [5.74, 6) is -0.0815. The molecule has 7 heteroatoms. The molecule has 1 aromatic rings.